The summed E-state index contributed by atoms with van der Waals surface area (Å²) in [4.78, 5) is 15.8. The molecule has 1 spiro atoms. The molecule has 1 atom stereocenters. The van der Waals surface area contributed by atoms with Crippen LogP contribution in [0, 0.1) is 5.41 Å². The Hall–Kier alpha value is -1.79. The molecule has 138 valence electrons. The lowest BCUT2D eigenvalue weighted by Gasteiger charge is -2.39. The number of ether oxygens (including phenoxy) is 2. The third-order valence-corrected chi connectivity index (χ3v) is 5.80. The van der Waals surface area contributed by atoms with Crippen molar-refractivity contribution in [3.05, 3.63) is 23.8 Å². The molecule has 2 saturated heterocycles. The van der Waals surface area contributed by atoms with E-state index >= 15 is 0 Å². The number of carbonyl (C=O) groups is 1. The summed E-state index contributed by atoms with van der Waals surface area (Å²) in [7, 11) is 5.23. The molecule has 2 aliphatic rings. The first-order valence-corrected chi connectivity index (χ1v) is 8.83. The van der Waals surface area contributed by atoms with Gasteiger partial charge in [-0.25, -0.2) is 0 Å². The number of methoxy groups -OCH3 is 2. The molecule has 2 heterocycles. The standard InChI is InChI=1S/C19H28N2O4/c1-20-13-19(11-15(20)18(22)23)6-8-21(9-7-19)12-14-4-5-16(24-2)17(10-14)25-3/h4-5,10,15H,6-9,11-13H2,1-3H3,(H,22,23)/t15-/m0/s1. The monoisotopic (exact) mass is 348 g/mol. The maximum absolute atomic E-state index is 11.4. The van der Waals surface area contributed by atoms with E-state index in [4.69, 9.17) is 9.47 Å². The van der Waals surface area contributed by atoms with E-state index in [1.165, 1.54) is 5.56 Å². The molecule has 25 heavy (non-hydrogen) atoms. The molecular formula is C19H28N2O4. The minimum absolute atomic E-state index is 0.173. The quantitative estimate of drug-likeness (QED) is 0.879. The molecule has 2 aliphatic heterocycles. The van der Waals surface area contributed by atoms with E-state index in [9.17, 15) is 9.90 Å². The molecule has 0 bridgehead atoms. The third-order valence-electron chi connectivity index (χ3n) is 5.80. The Kier molecular flexibility index (Phi) is 5.20. The van der Waals surface area contributed by atoms with Gasteiger partial charge in [0.05, 0.1) is 14.2 Å². The molecule has 0 aliphatic carbocycles. The van der Waals surface area contributed by atoms with Crippen LogP contribution in [0.3, 0.4) is 0 Å². The zero-order valence-corrected chi connectivity index (χ0v) is 15.3. The van der Waals surface area contributed by atoms with Gasteiger partial charge in [0.25, 0.3) is 0 Å². The van der Waals surface area contributed by atoms with Gasteiger partial charge >= 0.3 is 5.97 Å². The van der Waals surface area contributed by atoms with Crippen LogP contribution in [0.2, 0.25) is 0 Å². The largest absolute Gasteiger partial charge is 0.493 e. The Morgan fingerprint density at radius 1 is 1.24 bits per heavy atom. The smallest absolute Gasteiger partial charge is 0.320 e. The number of benzene rings is 1. The molecule has 6 heteroatoms. The van der Waals surface area contributed by atoms with Crippen molar-refractivity contribution < 1.29 is 19.4 Å². The van der Waals surface area contributed by atoms with E-state index in [1.807, 2.05) is 24.1 Å². The van der Waals surface area contributed by atoms with Crippen molar-refractivity contribution in [3.63, 3.8) is 0 Å². The van der Waals surface area contributed by atoms with Gasteiger partial charge in [0.15, 0.2) is 11.5 Å². The van der Waals surface area contributed by atoms with Crippen LogP contribution in [0.4, 0.5) is 0 Å². The highest BCUT2D eigenvalue weighted by Crippen LogP contribution is 2.43. The number of likely N-dealkylation sites (N-methyl/N-ethyl adjacent to an activating group) is 1. The SMILES string of the molecule is COc1ccc(CN2CCC3(CC2)C[C@@H](C(=O)O)N(C)C3)cc1OC. The molecular weight excluding hydrogens is 320 g/mol. The lowest BCUT2D eigenvalue weighted by Crippen LogP contribution is -2.40. The van der Waals surface area contributed by atoms with E-state index in [2.05, 4.69) is 11.0 Å². The zero-order chi connectivity index (χ0) is 18.0. The van der Waals surface area contributed by atoms with Gasteiger partial charge in [-0.05, 0) is 62.5 Å². The molecule has 1 aromatic carbocycles. The zero-order valence-electron chi connectivity index (χ0n) is 15.3. The number of aliphatic carboxylic acids is 1. The van der Waals surface area contributed by atoms with E-state index in [-0.39, 0.29) is 11.5 Å². The molecule has 0 amide bonds. The number of carboxylic acids is 1. The number of hydrogen-bond donors (Lipinski definition) is 1. The summed E-state index contributed by atoms with van der Waals surface area (Å²) in [6.07, 6.45) is 2.91. The fraction of sp³-hybridized carbons (Fsp3) is 0.632. The highest BCUT2D eigenvalue weighted by molar-refractivity contribution is 5.74. The number of rotatable bonds is 5. The van der Waals surface area contributed by atoms with Gasteiger partial charge in [-0.2, -0.15) is 0 Å². The van der Waals surface area contributed by atoms with Gasteiger partial charge < -0.3 is 14.6 Å². The average molecular weight is 348 g/mol. The molecule has 0 saturated carbocycles. The first kappa shape index (κ1) is 18.0. The topological polar surface area (TPSA) is 62.2 Å². The maximum atomic E-state index is 11.4. The van der Waals surface area contributed by atoms with Crippen LogP contribution in [0.5, 0.6) is 11.5 Å². The Bertz CT molecular complexity index is 626. The highest BCUT2D eigenvalue weighted by Gasteiger charge is 2.46. The average Bonchev–Trinajstić information content (AvgIpc) is 2.93. The number of piperidine rings is 1. The summed E-state index contributed by atoms with van der Waals surface area (Å²) >= 11 is 0. The number of hydrogen-bond acceptors (Lipinski definition) is 5. The van der Waals surface area contributed by atoms with Crippen molar-refractivity contribution >= 4 is 5.97 Å². The minimum Gasteiger partial charge on any atom is -0.493 e. The van der Waals surface area contributed by atoms with Crippen molar-refractivity contribution in [2.75, 3.05) is 40.9 Å². The summed E-state index contributed by atoms with van der Waals surface area (Å²) in [5.41, 5.74) is 1.38. The molecule has 3 rings (SSSR count). The second-order valence-electron chi connectivity index (χ2n) is 7.44. The lowest BCUT2D eigenvalue weighted by molar-refractivity contribution is -0.141. The molecule has 6 nitrogen and oxygen atoms in total. The Morgan fingerprint density at radius 2 is 1.92 bits per heavy atom. The Balaban J connectivity index is 1.59. The highest BCUT2D eigenvalue weighted by atomic mass is 16.5. The summed E-state index contributed by atoms with van der Waals surface area (Å²) in [5, 5.41) is 9.36. The summed E-state index contributed by atoms with van der Waals surface area (Å²) in [5.74, 6) is 0.819. The molecule has 2 fully saturated rings. The first-order valence-electron chi connectivity index (χ1n) is 8.83. The molecule has 0 aromatic heterocycles. The maximum Gasteiger partial charge on any atom is 0.320 e. The first-order chi connectivity index (χ1) is 12.0. The van der Waals surface area contributed by atoms with Gasteiger partial charge in [-0.1, -0.05) is 6.07 Å². The fourth-order valence-electron chi connectivity index (χ4n) is 4.33. The molecule has 1 N–H and O–H groups in total. The van der Waals surface area contributed by atoms with Crippen molar-refractivity contribution in [2.45, 2.75) is 31.8 Å². The number of nitrogens with zero attached hydrogens (tertiary/aromatic N) is 2. The van der Waals surface area contributed by atoms with Crippen molar-refractivity contribution in [2.24, 2.45) is 5.41 Å². The second-order valence-corrected chi connectivity index (χ2v) is 7.44. The number of carboxylic acid groups (broad SMARTS) is 1. The van der Waals surface area contributed by atoms with Crippen LogP contribution in [0.25, 0.3) is 0 Å². The van der Waals surface area contributed by atoms with Crippen LogP contribution in [0.15, 0.2) is 18.2 Å². The van der Waals surface area contributed by atoms with Crippen LogP contribution < -0.4 is 9.47 Å². The van der Waals surface area contributed by atoms with Crippen molar-refractivity contribution in [1.82, 2.24) is 9.80 Å². The Morgan fingerprint density at radius 3 is 2.48 bits per heavy atom. The molecule has 1 aromatic rings. The van der Waals surface area contributed by atoms with E-state index in [1.54, 1.807) is 14.2 Å². The van der Waals surface area contributed by atoms with Crippen molar-refractivity contribution in [3.8, 4) is 11.5 Å². The minimum atomic E-state index is -0.688. The summed E-state index contributed by atoms with van der Waals surface area (Å²) in [6.45, 7) is 3.80. The normalized spacial score (nSPS) is 23.7. The van der Waals surface area contributed by atoms with Crippen LogP contribution >= 0.6 is 0 Å². The lowest BCUT2D eigenvalue weighted by atomic mass is 9.76. The van der Waals surface area contributed by atoms with Crippen LogP contribution in [0.1, 0.15) is 24.8 Å². The predicted molar refractivity (Wildman–Crippen MR) is 95.2 cm³/mol. The molecule has 0 unspecified atom stereocenters. The van der Waals surface area contributed by atoms with E-state index in [0.29, 0.717) is 0 Å². The van der Waals surface area contributed by atoms with Crippen LogP contribution in [-0.4, -0.2) is 67.8 Å². The van der Waals surface area contributed by atoms with Gasteiger partial charge in [0, 0.05) is 13.1 Å². The summed E-state index contributed by atoms with van der Waals surface area (Å²) < 4.78 is 10.7. The van der Waals surface area contributed by atoms with Gasteiger partial charge in [0.1, 0.15) is 6.04 Å². The fourth-order valence-corrected chi connectivity index (χ4v) is 4.33. The second kappa shape index (κ2) is 7.22. The van der Waals surface area contributed by atoms with E-state index < -0.39 is 5.97 Å². The van der Waals surface area contributed by atoms with Gasteiger partial charge in [0.2, 0.25) is 0 Å². The summed E-state index contributed by atoms with van der Waals surface area (Å²) in [6, 6.07) is 5.74. The van der Waals surface area contributed by atoms with Gasteiger partial charge in [-0.3, -0.25) is 14.6 Å². The van der Waals surface area contributed by atoms with Crippen molar-refractivity contribution in [1.29, 1.82) is 0 Å². The predicted octanol–water partition coefficient (Wildman–Crippen LogP) is 2.07. The Labute approximate surface area is 149 Å². The number of likely N-dealkylation sites (tertiary alicyclic amines) is 2. The van der Waals surface area contributed by atoms with Gasteiger partial charge in [-0.15, -0.1) is 0 Å². The van der Waals surface area contributed by atoms with Crippen LogP contribution in [-0.2, 0) is 11.3 Å². The third kappa shape index (κ3) is 3.75. The molecule has 0 radical (unpaired) electrons. The van der Waals surface area contributed by atoms with E-state index in [0.717, 1.165) is 56.9 Å².